The van der Waals surface area contributed by atoms with Crippen LogP contribution in [0.1, 0.15) is 31.2 Å². The highest BCUT2D eigenvalue weighted by Crippen LogP contribution is 2.56. The fraction of sp³-hybridized carbons (Fsp3) is 0.571. The Morgan fingerprint density at radius 1 is 1.24 bits per heavy atom. The summed E-state index contributed by atoms with van der Waals surface area (Å²) in [5, 5.41) is 0. The van der Waals surface area contributed by atoms with E-state index in [9.17, 15) is 0 Å². The van der Waals surface area contributed by atoms with Gasteiger partial charge in [0.1, 0.15) is 0 Å². The summed E-state index contributed by atoms with van der Waals surface area (Å²) in [5.41, 5.74) is 7.76. The molecule has 2 atom stereocenters. The van der Waals surface area contributed by atoms with E-state index in [0.717, 1.165) is 0 Å². The van der Waals surface area contributed by atoms with Crippen molar-refractivity contribution in [2.75, 3.05) is 0 Å². The summed E-state index contributed by atoms with van der Waals surface area (Å²) in [5.74, 6) is 0. The van der Waals surface area contributed by atoms with Crippen LogP contribution < -0.4 is 5.73 Å². The lowest BCUT2D eigenvalue weighted by Crippen LogP contribution is -2.64. The van der Waals surface area contributed by atoms with Gasteiger partial charge in [0.15, 0.2) is 0 Å². The summed E-state index contributed by atoms with van der Waals surface area (Å²) in [6.45, 7) is 0.709. The minimum Gasteiger partial charge on any atom is -0.371 e. The Bertz CT molecular complexity index is 364. The molecule has 2 aliphatic rings. The van der Waals surface area contributed by atoms with Crippen molar-refractivity contribution in [1.82, 2.24) is 0 Å². The molecule has 94 valence electrons. The van der Waals surface area contributed by atoms with E-state index in [1.54, 1.807) is 0 Å². The van der Waals surface area contributed by atoms with Crippen molar-refractivity contribution >= 4 is 12.4 Å². The molecule has 1 aromatic rings. The normalized spacial score (nSPS) is 29.0. The van der Waals surface area contributed by atoms with Gasteiger partial charge in [0.25, 0.3) is 0 Å². The van der Waals surface area contributed by atoms with Crippen molar-refractivity contribution in [3.63, 3.8) is 0 Å². The first-order valence-corrected chi connectivity index (χ1v) is 6.21. The third-order valence-electron chi connectivity index (χ3n) is 4.26. The van der Waals surface area contributed by atoms with E-state index in [-0.39, 0.29) is 18.4 Å². The molecule has 0 aromatic heterocycles. The van der Waals surface area contributed by atoms with Gasteiger partial charge in [0.2, 0.25) is 0 Å². The maximum Gasteiger partial charge on any atom is 0.0787 e. The Balaban J connectivity index is 0.00000108. The summed E-state index contributed by atoms with van der Waals surface area (Å²) >= 11 is 0. The van der Waals surface area contributed by atoms with E-state index in [0.29, 0.717) is 18.1 Å². The molecule has 3 heteroatoms. The maximum absolute atomic E-state index is 6.05. The number of hydrogen-bond donors (Lipinski definition) is 1. The molecule has 0 amide bonds. The third-order valence-corrected chi connectivity index (χ3v) is 4.26. The van der Waals surface area contributed by atoms with Gasteiger partial charge in [-0.1, -0.05) is 36.8 Å². The number of benzene rings is 1. The summed E-state index contributed by atoms with van der Waals surface area (Å²) < 4.78 is 6.01. The van der Waals surface area contributed by atoms with E-state index in [2.05, 4.69) is 24.3 Å². The van der Waals surface area contributed by atoms with Crippen LogP contribution in [-0.2, 0) is 11.3 Å². The van der Waals surface area contributed by atoms with E-state index in [1.807, 2.05) is 6.07 Å². The number of halogens is 1. The van der Waals surface area contributed by atoms with Gasteiger partial charge >= 0.3 is 0 Å². The van der Waals surface area contributed by atoms with Crippen LogP contribution >= 0.6 is 12.4 Å². The summed E-state index contributed by atoms with van der Waals surface area (Å²) in [6, 6.07) is 10.6. The van der Waals surface area contributed by atoms with Crippen LogP contribution in [0.15, 0.2) is 30.3 Å². The lowest BCUT2D eigenvalue weighted by atomic mass is 9.52. The summed E-state index contributed by atoms with van der Waals surface area (Å²) in [6.07, 6.45) is 5.48. The molecule has 2 saturated carbocycles. The molecule has 1 spiro atoms. The minimum atomic E-state index is 0. The van der Waals surface area contributed by atoms with Crippen LogP contribution in [0.5, 0.6) is 0 Å². The average molecular weight is 254 g/mol. The molecule has 2 unspecified atom stereocenters. The summed E-state index contributed by atoms with van der Waals surface area (Å²) in [4.78, 5) is 0. The van der Waals surface area contributed by atoms with Crippen molar-refractivity contribution < 1.29 is 4.74 Å². The zero-order chi connectivity index (χ0) is 11.0. The zero-order valence-corrected chi connectivity index (χ0v) is 10.8. The van der Waals surface area contributed by atoms with Gasteiger partial charge in [-0.25, -0.2) is 0 Å². The quantitative estimate of drug-likeness (QED) is 0.899. The molecule has 2 nitrogen and oxygen atoms in total. The fourth-order valence-electron chi connectivity index (χ4n) is 3.17. The Kier molecular flexibility index (Phi) is 3.76. The molecule has 2 fully saturated rings. The van der Waals surface area contributed by atoms with Gasteiger partial charge in [0.05, 0.1) is 12.7 Å². The predicted molar refractivity (Wildman–Crippen MR) is 71.1 cm³/mol. The lowest BCUT2D eigenvalue weighted by molar-refractivity contribution is -0.170. The Hall–Kier alpha value is -0.570. The number of rotatable bonds is 3. The molecule has 0 heterocycles. The molecule has 0 bridgehead atoms. The SMILES string of the molecule is Cl.NC1CC2(CCC2)C1OCc1ccccc1. The maximum atomic E-state index is 6.05. The molecular formula is C14H20ClNO. The molecular weight excluding hydrogens is 234 g/mol. The standard InChI is InChI=1S/C14H19NO.ClH/c15-12-9-14(7-4-8-14)13(12)16-10-11-5-2-1-3-6-11;/h1-3,5-6,12-13H,4,7-10,15H2;1H. The second-order valence-corrected chi connectivity index (χ2v) is 5.30. The van der Waals surface area contributed by atoms with Crippen molar-refractivity contribution in [1.29, 1.82) is 0 Å². The smallest absolute Gasteiger partial charge is 0.0787 e. The molecule has 0 aliphatic heterocycles. The number of ether oxygens (including phenoxy) is 1. The first-order valence-electron chi connectivity index (χ1n) is 6.21. The minimum absolute atomic E-state index is 0. The van der Waals surface area contributed by atoms with Crippen molar-refractivity contribution in [3.05, 3.63) is 35.9 Å². The van der Waals surface area contributed by atoms with E-state index in [4.69, 9.17) is 10.5 Å². The lowest BCUT2D eigenvalue weighted by Gasteiger charge is -2.58. The van der Waals surface area contributed by atoms with Gasteiger partial charge in [-0.3, -0.25) is 0 Å². The largest absolute Gasteiger partial charge is 0.371 e. The monoisotopic (exact) mass is 253 g/mol. The van der Waals surface area contributed by atoms with Crippen molar-refractivity contribution in [2.24, 2.45) is 11.1 Å². The van der Waals surface area contributed by atoms with E-state index < -0.39 is 0 Å². The molecule has 2 N–H and O–H groups in total. The van der Waals surface area contributed by atoms with Gasteiger partial charge in [-0.15, -0.1) is 12.4 Å². The second kappa shape index (κ2) is 4.97. The van der Waals surface area contributed by atoms with Crippen LogP contribution in [0.3, 0.4) is 0 Å². The Morgan fingerprint density at radius 3 is 2.47 bits per heavy atom. The van der Waals surface area contributed by atoms with Crippen LogP contribution in [0.4, 0.5) is 0 Å². The Morgan fingerprint density at radius 2 is 1.94 bits per heavy atom. The molecule has 17 heavy (non-hydrogen) atoms. The topological polar surface area (TPSA) is 35.2 Å². The van der Waals surface area contributed by atoms with Gasteiger partial charge < -0.3 is 10.5 Å². The molecule has 1 aromatic carbocycles. The van der Waals surface area contributed by atoms with Gasteiger partial charge in [-0.05, 0) is 30.2 Å². The number of hydrogen-bond acceptors (Lipinski definition) is 2. The highest BCUT2D eigenvalue weighted by Gasteiger charge is 2.56. The first kappa shape index (κ1) is 12.9. The van der Waals surface area contributed by atoms with Crippen LogP contribution in [-0.4, -0.2) is 12.1 Å². The molecule has 3 rings (SSSR count). The van der Waals surface area contributed by atoms with E-state index in [1.165, 1.54) is 31.2 Å². The predicted octanol–water partition coefficient (Wildman–Crippen LogP) is 2.89. The highest BCUT2D eigenvalue weighted by molar-refractivity contribution is 5.85. The van der Waals surface area contributed by atoms with E-state index >= 15 is 0 Å². The fourth-order valence-corrected chi connectivity index (χ4v) is 3.17. The van der Waals surface area contributed by atoms with Crippen LogP contribution in [0.25, 0.3) is 0 Å². The first-order chi connectivity index (χ1) is 7.80. The molecule has 0 radical (unpaired) electrons. The average Bonchev–Trinajstić information content (AvgIpc) is 2.24. The zero-order valence-electron chi connectivity index (χ0n) is 9.97. The van der Waals surface area contributed by atoms with Crippen molar-refractivity contribution in [2.45, 2.75) is 44.4 Å². The highest BCUT2D eigenvalue weighted by atomic mass is 35.5. The Labute approximate surface area is 109 Å². The summed E-state index contributed by atoms with van der Waals surface area (Å²) in [7, 11) is 0. The van der Waals surface area contributed by atoms with Gasteiger partial charge in [-0.2, -0.15) is 0 Å². The molecule has 0 saturated heterocycles. The van der Waals surface area contributed by atoms with Gasteiger partial charge in [0, 0.05) is 6.04 Å². The van der Waals surface area contributed by atoms with Crippen LogP contribution in [0.2, 0.25) is 0 Å². The number of nitrogens with two attached hydrogens (primary N) is 1. The van der Waals surface area contributed by atoms with Crippen molar-refractivity contribution in [3.8, 4) is 0 Å². The third kappa shape index (κ3) is 2.22. The second-order valence-electron chi connectivity index (χ2n) is 5.30. The molecule has 2 aliphatic carbocycles. The van der Waals surface area contributed by atoms with Crippen LogP contribution in [0, 0.1) is 5.41 Å².